The number of carbonyl (C=O) groups excluding carboxylic acids is 2. The third-order valence-electron chi connectivity index (χ3n) is 4.00. The van der Waals surface area contributed by atoms with Gasteiger partial charge < -0.3 is 20.1 Å². The summed E-state index contributed by atoms with van der Waals surface area (Å²) < 4.78 is 10.4. The van der Waals surface area contributed by atoms with Crippen molar-refractivity contribution < 1.29 is 19.1 Å². The molecule has 0 saturated heterocycles. The van der Waals surface area contributed by atoms with Crippen LogP contribution in [0.3, 0.4) is 0 Å². The Morgan fingerprint density at radius 3 is 2.48 bits per heavy atom. The number of amides is 2. The topological polar surface area (TPSA) is 76.7 Å². The Morgan fingerprint density at radius 1 is 1.00 bits per heavy atom. The van der Waals surface area contributed by atoms with E-state index in [4.69, 9.17) is 9.47 Å². The number of rotatable bonds is 6. The third-order valence-corrected chi connectivity index (χ3v) is 4.00. The van der Waals surface area contributed by atoms with Gasteiger partial charge in [-0.1, -0.05) is 6.07 Å². The Balaban J connectivity index is 1.73. The zero-order chi connectivity index (χ0) is 17.8. The van der Waals surface area contributed by atoms with Crippen molar-refractivity contribution in [2.75, 3.05) is 24.9 Å². The summed E-state index contributed by atoms with van der Waals surface area (Å²) in [5.41, 5.74) is 1.61. The minimum atomic E-state index is -0.286. The van der Waals surface area contributed by atoms with Crippen LogP contribution in [0.2, 0.25) is 0 Å². The number of hydrogen-bond acceptors (Lipinski definition) is 4. The van der Waals surface area contributed by atoms with Crippen LogP contribution in [0.15, 0.2) is 42.5 Å². The largest absolute Gasteiger partial charge is 0.497 e. The molecular weight excluding hydrogens is 320 g/mol. The van der Waals surface area contributed by atoms with E-state index in [-0.39, 0.29) is 17.7 Å². The molecule has 130 valence electrons. The minimum absolute atomic E-state index is 0.00869. The molecule has 0 aliphatic heterocycles. The molecule has 0 aromatic heterocycles. The lowest BCUT2D eigenvalue weighted by Gasteiger charge is -2.12. The third kappa shape index (κ3) is 4.09. The first-order valence-corrected chi connectivity index (χ1v) is 8.05. The maximum Gasteiger partial charge on any atom is 0.255 e. The second-order valence-corrected chi connectivity index (χ2v) is 5.86. The Labute approximate surface area is 146 Å². The Morgan fingerprint density at radius 2 is 1.80 bits per heavy atom. The molecule has 1 aliphatic rings. The molecule has 1 saturated carbocycles. The number of ether oxygens (including phenoxy) is 2. The van der Waals surface area contributed by atoms with Gasteiger partial charge in [0.2, 0.25) is 5.91 Å². The number of methoxy groups -OCH3 is 2. The molecule has 6 heteroatoms. The van der Waals surface area contributed by atoms with E-state index in [2.05, 4.69) is 10.6 Å². The van der Waals surface area contributed by atoms with Crippen molar-refractivity contribution in [3.05, 3.63) is 48.0 Å². The highest BCUT2D eigenvalue weighted by Gasteiger charge is 2.29. The van der Waals surface area contributed by atoms with Crippen LogP contribution >= 0.6 is 0 Å². The first kappa shape index (κ1) is 16.8. The fraction of sp³-hybridized carbons (Fsp3) is 0.263. The van der Waals surface area contributed by atoms with Crippen LogP contribution in [0, 0.1) is 5.92 Å². The fourth-order valence-corrected chi connectivity index (χ4v) is 2.42. The molecule has 0 unspecified atom stereocenters. The molecule has 2 N–H and O–H groups in total. The second kappa shape index (κ2) is 7.25. The first-order valence-electron chi connectivity index (χ1n) is 8.05. The molecule has 0 atom stereocenters. The number of anilines is 2. The second-order valence-electron chi connectivity index (χ2n) is 5.86. The van der Waals surface area contributed by atoms with Gasteiger partial charge in [-0.25, -0.2) is 0 Å². The summed E-state index contributed by atoms with van der Waals surface area (Å²) in [6, 6.07) is 12.0. The van der Waals surface area contributed by atoms with Gasteiger partial charge >= 0.3 is 0 Å². The van der Waals surface area contributed by atoms with Crippen molar-refractivity contribution in [1.82, 2.24) is 0 Å². The molecule has 2 aromatic rings. The van der Waals surface area contributed by atoms with E-state index in [9.17, 15) is 9.59 Å². The standard InChI is InChI=1S/C19H20N2O4/c1-24-15-8-9-16(17(11-15)25-2)21-19(23)13-4-3-5-14(10-13)20-18(22)12-6-7-12/h3-5,8-12H,6-7H2,1-2H3,(H,20,22)(H,21,23). The number of carbonyl (C=O) groups is 2. The molecule has 2 aromatic carbocycles. The maximum absolute atomic E-state index is 12.5. The van der Waals surface area contributed by atoms with Crippen LogP contribution in [-0.4, -0.2) is 26.0 Å². The molecule has 1 fully saturated rings. The number of hydrogen-bond donors (Lipinski definition) is 2. The summed E-state index contributed by atoms with van der Waals surface area (Å²) in [7, 11) is 3.09. The predicted octanol–water partition coefficient (Wildman–Crippen LogP) is 3.30. The average Bonchev–Trinajstić information content (AvgIpc) is 3.47. The molecule has 0 heterocycles. The van der Waals surface area contributed by atoms with Crippen molar-refractivity contribution in [1.29, 1.82) is 0 Å². The summed E-state index contributed by atoms with van der Waals surface area (Å²) in [6.45, 7) is 0. The first-order chi connectivity index (χ1) is 12.1. The number of nitrogens with one attached hydrogen (secondary N) is 2. The zero-order valence-electron chi connectivity index (χ0n) is 14.2. The van der Waals surface area contributed by atoms with Gasteiger partial charge in [0.15, 0.2) is 0 Å². The van der Waals surface area contributed by atoms with Gasteiger partial charge in [-0.2, -0.15) is 0 Å². The average molecular weight is 340 g/mol. The molecule has 25 heavy (non-hydrogen) atoms. The summed E-state index contributed by atoms with van der Waals surface area (Å²) in [4.78, 5) is 24.4. The molecule has 3 rings (SSSR count). The minimum Gasteiger partial charge on any atom is -0.497 e. The highest BCUT2D eigenvalue weighted by molar-refractivity contribution is 6.06. The molecule has 0 spiro atoms. The monoisotopic (exact) mass is 340 g/mol. The quantitative estimate of drug-likeness (QED) is 0.846. The van der Waals surface area contributed by atoms with Gasteiger partial charge in [0.25, 0.3) is 5.91 Å². The summed E-state index contributed by atoms with van der Waals surface area (Å²) >= 11 is 0. The van der Waals surface area contributed by atoms with E-state index >= 15 is 0 Å². The fourth-order valence-electron chi connectivity index (χ4n) is 2.42. The van der Waals surface area contributed by atoms with Gasteiger partial charge in [0.1, 0.15) is 11.5 Å². The Kier molecular flexibility index (Phi) is 4.88. The van der Waals surface area contributed by atoms with Gasteiger partial charge in [-0.3, -0.25) is 9.59 Å². The zero-order valence-corrected chi connectivity index (χ0v) is 14.2. The SMILES string of the molecule is COc1ccc(NC(=O)c2cccc(NC(=O)C3CC3)c2)c(OC)c1. The van der Waals surface area contributed by atoms with E-state index in [1.54, 1.807) is 49.6 Å². The molecule has 6 nitrogen and oxygen atoms in total. The Bertz CT molecular complexity index is 800. The van der Waals surface area contributed by atoms with Crippen LogP contribution in [0.25, 0.3) is 0 Å². The molecule has 0 bridgehead atoms. The lowest BCUT2D eigenvalue weighted by Crippen LogP contribution is -2.15. The summed E-state index contributed by atoms with van der Waals surface area (Å²) in [5.74, 6) is 0.979. The summed E-state index contributed by atoms with van der Waals surface area (Å²) in [5, 5.41) is 5.65. The van der Waals surface area contributed by atoms with E-state index in [0.29, 0.717) is 28.4 Å². The molecule has 0 radical (unpaired) electrons. The summed E-state index contributed by atoms with van der Waals surface area (Å²) in [6.07, 6.45) is 1.87. The van der Waals surface area contributed by atoms with E-state index in [0.717, 1.165) is 12.8 Å². The van der Waals surface area contributed by atoms with Crippen LogP contribution in [0.4, 0.5) is 11.4 Å². The van der Waals surface area contributed by atoms with Crippen molar-refractivity contribution >= 4 is 23.2 Å². The van der Waals surface area contributed by atoms with E-state index in [1.807, 2.05) is 0 Å². The predicted molar refractivity (Wildman–Crippen MR) is 95.3 cm³/mol. The molecule has 1 aliphatic carbocycles. The van der Waals surface area contributed by atoms with Gasteiger partial charge in [0, 0.05) is 23.2 Å². The van der Waals surface area contributed by atoms with Gasteiger partial charge in [-0.05, 0) is 43.2 Å². The van der Waals surface area contributed by atoms with Crippen LogP contribution in [0.5, 0.6) is 11.5 Å². The smallest absolute Gasteiger partial charge is 0.255 e. The normalized spacial score (nSPS) is 13.0. The molecule has 2 amide bonds. The van der Waals surface area contributed by atoms with Crippen molar-refractivity contribution in [3.63, 3.8) is 0 Å². The Hall–Kier alpha value is -3.02. The van der Waals surface area contributed by atoms with Crippen LogP contribution in [-0.2, 0) is 4.79 Å². The van der Waals surface area contributed by atoms with Crippen LogP contribution in [0.1, 0.15) is 23.2 Å². The van der Waals surface area contributed by atoms with Crippen LogP contribution < -0.4 is 20.1 Å². The van der Waals surface area contributed by atoms with E-state index < -0.39 is 0 Å². The maximum atomic E-state index is 12.5. The highest BCUT2D eigenvalue weighted by Crippen LogP contribution is 2.31. The van der Waals surface area contributed by atoms with Gasteiger partial charge in [-0.15, -0.1) is 0 Å². The van der Waals surface area contributed by atoms with Crippen molar-refractivity contribution in [2.24, 2.45) is 5.92 Å². The van der Waals surface area contributed by atoms with Crippen molar-refractivity contribution in [3.8, 4) is 11.5 Å². The molecular formula is C19H20N2O4. The lowest BCUT2D eigenvalue weighted by molar-refractivity contribution is -0.117. The highest BCUT2D eigenvalue weighted by atomic mass is 16.5. The number of benzene rings is 2. The van der Waals surface area contributed by atoms with Crippen molar-refractivity contribution in [2.45, 2.75) is 12.8 Å². The lowest BCUT2D eigenvalue weighted by atomic mass is 10.1. The van der Waals surface area contributed by atoms with Gasteiger partial charge in [0.05, 0.1) is 19.9 Å². The van der Waals surface area contributed by atoms with E-state index in [1.165, 1.54) is 7.11 Å².